The van der Waals surface area contributed by atoms with E-state index in [4.69, 9.17) is 4.74 Å². The third-order valence-corrected chi connectivity index (χ3v) is 2.64. The van der Waals surface area contributed by atoms with E-state index in [1.807, 2.05) is 24.3 Å². The van der Waals surface area contributed by atoms with Crippen LogP contribution in [0.5, 0.6) is 0 Å². The molecule has 0 fully saturated rings. The van der Waals surface area contributed by atoms with E-state index >= 15 is 0 Å². The number of hydrogen-bond acceptors (Lipinski definition) is 2. The second-order valence-electron chi connectivity index (χ2n) is 5.84. The zero-order chi connectivity index (χ0) is 15.2. The Balaban J connectivity index is 2.32. The molecule has 0 aromatic heterocycles. The Hall–Kier alpha value is -1.07. The molecule has 0 amide bonds. The van der Waals surface area contributed by atoms with E-state index in [0.717, 1.165) is 17.7 Å². The van der Waals surface area contributed by atoms with Gasteiger partial charge in [-0.25, -0.2) is 0 Å². The van der Waals surface area contributed by atoms with Crippen molar-refractivity contribution in [1.82, 2.24) is 5.32 Å². The fourth-order valence-corrected chi connectivity index (χ4v) is 1.50. The van der Waals surface area contributed by atoms with Gasteiger partial charge in [-0.1, -0.05) is 24.3 Å². The fraction of sp³-hybridized carbons (Fsp3) is 0.600. The van der Waals surface area contributed by atoms with Crippen LogP contribution in [0.1, 0.15) is 38.3 Å². The van der Waals surface area contributed by atoms with Gasteiger partial charge in [-0.2, -0.15) is 13.2 Å². The maximum Gasteiger partial charge on any atom is 0.391 e. The highest BCUT2D eigenvalue weighted by Crippen LogP contribution is 2.19. The van der Waals surface area contributed by atoms with Crippen molar-refractivity contribution in [3.8, 4) is 0 Å². The molecule has 0 saturated heterocycles. The van der Waals surface area contributed by atoms with E-state index in [1.54, 1.807) is 0 Å². The Bertz CT molecular complexity index is 393. The number of rotatable bonds is 6. The molecule has 0 radical (unpaired) electrons. The summed E-state index contributed by atoms with van der Waals surface area (Å²) < 4.78 is 40.8. The highest BCUT2D eigenvalue weighted by atomic mass is 19.4. The van der Waals surface area contributed by atoms with Crippen molar-refractivity contribution >= 4 is 0 Å². The molecule has 1 N–H and O–H groups in total. The summed E-state index contributed by atoms with van der Waals surface area (Å²) in [6.45, 7) is 6.96. The zero-order valence-corrected chi connectivity index (χ0v) is 12.2. The van der Waals surface area contributed by atoms with Crippen molar-refractivity contribution in [2.24, 2.45) is 0 Å². The van der Waals surface area contributed by atoms with Gasteiger partial charge in [0.2, 0.25) is 0 Å². The molecule has 5 heteroatoms. The lowest BCUT2D eigenvalue weighted by Gasteiger charge is -2.20. The lowest BCUT2D eigenvalue weighted by atomic mass is 10.1. The number of ether oxygens (including phenoxy) is 1. The molecule has 0 spiro atoms. The van der Waals surface area contributed by atoms with Crippen LogP contribution in [0.2, 0.25) is 0 Å². The van der Waals surface area contributed by atoms with E-state index in [1.165, 1.54) is 0 Å². The van der Waals surface area contributed by atoms with Crippen LogP contribution in [0.15, 0.2) is 24.3 Å². The van der Waals surface area contributed by atoms with Crippen molar-refractivity contribution in [2.75, 3.05) is 6.61 Å². The normalized spacial score (nSPS) is 12.7. The fourth-order valence-electron chi connectivity index (χ4n) is 1.50. The van der Waals surface area contributed by atoms with Crippen LogP contribution in [-0.4, -0.2) is 18.3 Å². The lowest BCUT2D eigenvalue weighted by Crippen LogP contribution is -2.35. The Morgan fingerprint density at radius 1 is 1.00 bits per heavy atom. The Kier molecular flexibility index (Phi) is 6.02. The van der Waals surface area contributed by atoms with Crippen molar-refractivity contribution in [2.45, 2.75) is 52.1 Å². The monoisotopic (exact) mass is 289 g/mol. The first kappa shape index (κ1) is 17.0. The Labute approximate surface area is 118 Å². The first-order chi connectivity index (χ1) is 9.16. The summed E-state index contributed by atoms with van der Waals surface area (Å²) in [5.41, 5.74) is 2.07. The van der Waals surface area contributed by atoms with Crippen LogP contribution < -0.4 is 5.32 Å². The first-order valence-corrected chi connectivity index (χ1v) is 6.63. The molecule has 114 valence electrons. The molecule has 0 heterocycles. The molecule has 0 saturated carbocycles. The summed E-state index contributed by atoms with van der Waals surface area (Å²) in [4.78, 5) is 0. The van der Waals surface area contributed by atoms with Crippen LogP contribution in [0, 0.1) is 0 Å². The second-order valence-corrected chi connectivity index (χ2v) is 5.84. The molecule has 20 heavy (non-hydrogen) atoms. The topological polar surface area (TPSA) is 21.3 Å². The molecule has 0 unspecified atom stereocenters. The van der Waals surface area contributed by atoms with Crippen LogP contribution in [0.4, 0.5) is 13.2 Å². The lowest BCUT2D eigenvalue weighted by molar-refractivity contribution is -0.146. The molecular formula is C15H22F3NO. The smallest absolute Gasteiger partial charge is 0.376 e. The molecule has 1 rings (SSSR count). The number of alkyl halides is 3. The quantitative estimate of drug-likeness (QED) is 0.798. The maximum atomic E-state index is 11.9. The van der Waals surface area contributed by atoms with E-state index in [-0.39, 0.29) is 18.8 Å². The highest BCUT2D eigenvalue weighted by Gasteiger charge is 2.26. The predicted octanol–water partition coefficient (Wildman–Crippen LogP) is 4.04. The van der Waals surface area contributed by atoms with Crippen molar-refractivity contribution in [3.05, 3.63) is 35.4 Å². The minimum atomic E-state index is -4.15. The summed E-state index contributed by atoms with van der Waals surface area (Å²) in [5, 5.41) is 3.37. The molecule has 0 bridgehead atoms. The summed E-state index contributed by atoms with van der Waals surface area (Å²) >= 11 is 0. The molecule has 0 aliphatic rings. The van der Waals surface area contributed by atoms with Gasteiger partial charge in [-0.05, 0) is 31.9 Å². The summed E-state index contributed by atoms with van der Waals surface area (Å²) in [6, 6.07) is 7.68. The zero-order valence-electron chi connectivity index (χ0n) is 12.2. The Morgan fingerprint density at radius 2 is 1.55 bits per heavy atom. The van der Waals surface area contributed by atoms with Crippen molar-refractivity contribution in [3.63, 3.8) is 0 Å². The van der Waals surface area contributed by atoms with Gasteiger partial charge in [-0.3, -0.25) is 0 Å². The van der Waals surface area contributed by atoms with Gasteiger partial charge in [0, 0.05) is 12.1 Å². The summed E-state index contributed by atoms with van der Waals surface area (Å²) in [6.07, 6.45) is -5.05. The third-order valence-electron chi connectivity index (χ3n) is 2.64. The number of nitrogens with one attached hydrogen (secondary N) is 1. The molecule has 0 aliphatic carbocycles. The van der Waals surface area contributed by atoms with Crippen LogP contribution in [0.25, 0.3) is 0 Å². The average Bonchev–Trinajstić information content (AvgIpc) is 2.31. The summed E-state index contributed by atoms with van der Waals surface area (Å²) in [5.74, 6) is 0. The minimum Gasteiger partial charge on any atom is -0.376 e. The number of hydrogen-bond donors (Lipinski definition) is 1. The molecule has 0 atom stereocenters. The van der Waals surface area contributed by atoms with E-state index in [9.17, 15) is 13.2 Å². The van der Waals surface area contributed by atoms with Gasteiger partial charge in [0.05, 0.1) is 19.6 Å². The minimum absolute atomic E-state index is 0.0549. The van der Waals surface area contributed by atoms with Crippen molar-refractivity contribution in [1.29, 1.82) is 0 Å². The predicted molar refractivity (Wildman–Crippen MR) is 73.4 cm³/mol. The van der Waals surface area contributed by atoms with Crippen molar-refractivity contribution < 1.29 is 17.9 Å². The SMILES string of the molecule is CC(C)(C)NCc1ccc(COCCC(F)(F)F)cc1. The van der Waals surface area contributed by atoms with Gasteiger partial charge in [0.1, 0.15) is 0 Å². The average molecular weight is 289 g/mol. The molecule has 0 aliphatic heterocycles. The number of benzene rings is 1. The van der Waals surface area contributed by atoms with Crippen LogP contribution >= 0.6 is 0 Å². The summed E-state index contributed by atoms with van der Waals surface area (Å²) in [7, 11) is 0. The largest absolute Gasteiger partial charge is 0.391 e. The van der Waals surface area contributed by atoms with Gasteiger partial charge >= 0.3 is 6.18 Å². The first-order valence-electron chi connectivity index (χ1n) is 6.63. The third kappa shape index (κ3) is 8.17. The van der Waals surface area contributed by atoms with Gasteiger partial charge in [0.25, 0.3) is 0 Å². The van der Waals surface area contributed by atoms with Gasteiger partial charge in [-0.15, -0.1) is 0 Å². The van der Waals surface area contributed by atoms with E-state index in [0.29, 0.717) is 0 Å². The standard InChI is InChI=1S/C15H22F3NO/c1-14(2,3)19-10-12-4-6-13(7-5-12)11-20-9-8-15(16,17)18/h4-7,19H,8-11H2,1-3H3. The molecule has 1 aromatic rings. The molecule has 1 aromatic carbocycles. The van der Waals surface area contributed by atoms with Crippen LogP contribution in [0.3, 0.4) is 0 Å². The number of halogens is 3. The Morgan fingerprint density at radius 3 is 2.05 bits per heavy atom. The van der Waals surface area contributed by atoms with E-state index in [2.05, 4.69) is 26.1 Å². The van der Waals surface area contributed by atoms with Gasteiger partial charge in [0.15, 0.2) is 0 Å². The second kappa shape index (κ2) is 7.09. The molecule has 2 nitrogen and oxygen atoms in total. The van der Waals surface area contributed by atoms with Crippen LogP contribution in [-0.2, 0) is 17.9 Å². The van der Waals surface area contributed by atoms with E-state index < -0.39 is 12.6 Å². The van der Waals surface area contributed by atoms with Gasteiger partial charge < -0.3 is 10.1 Å². The molecular weight excluding hydrogens is 267 g/mol. The maximum absolute atomic E-state index is 11.9. The highest BCUT2D eigenvalue weighted by molar-refractivity contribution is 5.22.